The van der Waals surface area contributed by atoms with Crippen LogP contribution < -0.4 is 4.90 Å². The van der Waals surface area contributed by atoms with Crippen LogP contribution in [-0.2, 0) is 11.0 Å². The van der Waals surface area contributed by atoms with Gasteiger partial charge in [0.2, 0.25) is 5.95 Å². The summed E-state index contributed by atoms with van der Waals surface area (Å²) in [5.41, 5.74) is -0.981. The van der Waals surface area contributed by atoms with E-state index in [0.29, 0.717) is 13.0 Å². The van der Waals surface area contributed by atoms with Gasteiger partial charge in [0.15, 0.2) is 5.78 Å². The van der Waals surface area contributed by atoms with Gasteiger partial charge < -0.3 is 4.90 Å². The molecule has 2 rings (SSSR count). The number of alkyl halides is 3. The van der Waals surface area contributed by atoms with E-state index in [1.54, 1.807) is 4.90 Å². The molecule has 1 fully saturated rings. The molecule has 0 amide bonds. The van der Waals surface area contributed by atoms with Crippen LogP contribution >= 0.6 is 0 Å². The zero-order valence-corrected chi connectivity index (χ0v) is 10.4. The lowest BCUT2D eigenvalue weighted by Gasteiger charge is -2.34. The van der Waals surface area contributed by atoms with Crippen molar-refractivity contribution in [2.24, 2.45) is 0 Å². The molecule has 0 saturated carbocycles. The lowest BCUT2D eigenvalue weighted by molar-refractivity contribution is -0.141. The van der Waals surface area contributed by atoms with Gasteiger partial charge in [-0.1, -0.05) is 0 Å². The van der Waals surface area contributed by atoms with Gasteiger partial charge in [0.1, 0.15) is 5.69 Å². The predicted molar refractivity (Wildman–Crippen MR) is 62.7 cm³/mol. The fourth-order valence-corrected chi connectivity index (χ4v) is 2.24. The number of nitrogens with zero attached hydrogens (tertiary/aromatic N) is 3. The molecule has 1 unspecified atom stereocenters. The summed E-state index contributed by atoms with van der Waals surface area (Å²) >= 11 is 0. The molecule has 1 aromatic rings. The maximum absolute atomic E-state index is 12.6. The molecular weight excluding hydrogens is 259 g/mol. The van der Waals surface area contributed by atoms with Crippen LogP contribution in [-0.4, -0.2) is 28.3 Å². The molecule has 0 radical (unpaired) electrons. The zero-order valence-electron chi connectivity index (χ0n) is 10.4. The van der Waals surface area contributed by atoms with E-state index < -0.39 is 17.9 Å². The average molecular weight is 273 g/mol. The Morgan fingerprint density at radius 2 is 2.16 bits per heavy atom. The van der Waals surface area contributed by atoms with Gasteiger partial charge >= 0.3 is 6.18 Å². The van der Waals surface area contributed by atoms with Crippen molar-refractivity contribution < 1.29 is 18.0 Å². The lowest BCUT2D eigenvalue weighted by atomic mass is 10.00. The van der Waals surface area contributed by atoms with Gasteiger partial charge in [-0.2, -0.15) is 13.2 Å². The quantitative estimate of drug-likeness (QED) is 0.830. The molecule has 0 aromatic carbocycles. The van der Waals surface area contributed by atoms with E-state index in [1.165, 1.54) is 6.92 Å². The second-order valence-corrected chi connectivity index (χ2v) is 4.56. The maximum Gasteiger partial charge on any atom is 0.433 e. The van der Waals surface area contributed by atoms with E-state index in [2.05, 4.69) is 9.97 Å². The molecule has 7 heteroatoms. The number of halogens is 3. The van der Waals surface area contributed by atoms with E-state index in [4.69, 9.17) is 0 Å². The first kappa shape index (κ1) is 13.8. The SMILES string of the molecule is CC(=O)C1CCCCN1c1nccc(C(F)(F)F)n1. The third kappa shape index (κ3) is 3.02. The molecule has 1 atom stereocenters. The van der Waals surface area contributed by atoms with E-state index in [1.807, 2.05) is 0 Å². The minimum Gasteiger partial charge on any atom is -0.331 e. The predicted octanol–water partition coefficient (Wildman–Crippen LogP) is 2.44. The van der Waals surface area contributed by atoms with Crippen molar-refractivity contribution in [3.05, 3.63) is 18.0 Å². The second kappa shape index (κ2) is 5.14. The van der Waals surface area contributed by atoms with Gasteiger partial charge in [-0.3, -0.25) is 4.79 Å². The van der Waals surface area contributed by atoms with Crippen molar-refractivity contribution in [3.8, 4) is 0 Å². The van der Waals surface area contributed by atoms with Crippen LogP contribution in [0.5, 0.6) is 0 Å². The highest BCUT2D eigenvalue weighted by Crippen LogP contribution is 2.29. The van der Waals surface area contributed by atoms with Crippen LogP contribution in [0.2, 0.25) is 0 Å². The smallest absolute Gasteiger partial charge is 0.331 e. The number of hydrogen-bond acceptors (Lipinski definition) is 4. The maximum atomic E-state index is 12.6. The lowest BCUT2D eigenvalue weighted by Crippen LogP contribution is -2.45. The van der Waals surface area contributed by atoms with Crippen molar-refractivity contribution >= 4 is 11.7 Å². The third-order valence-electron chi connectivity index (χ3n) is 3.16. The summed E-state index contributed by atoms with van der Waals surface area (Å²) in [6, 6.07) is 0.410. The summed E-state index contributed by atoms with van der Waals surface area (Å²) in [5.74, 6) is -0.0876. The summed E-state index contributed by atoms with van der Waals surface area (Å²) in [7, 11) is 0. The normalized spacial score (nSPS) is 20.4. The topological polar surface area (TPSA) is 46.1 Å². The Bertz CT molecular complexity index is 476. The zero-order chi connectivity index (χ0) is 14.0. The molecule has 1 aliphatic heterocycles. The largest absolute Gasteiger partial charge is 0.433 e. The van der Waals surface area contributed by atoms with Gasteiger partial charge in [0, 0.05) is 12.7 Å². The molecule has 0 spiro atoms. The van der Waals surface area contributed by atoms with Crippen LogP contribution in [0.15, 0.2) is 12.3 Å². The monoisotopic (exact) mass is 273 g/mol. The second-order valence-electron chi connectivity index (χ2n) is 4.56. The molecule has 2 heterocycles. The Morgan fingerprint density at radius 3 is 2.79 bits per heavy atom. The summed E-state index contributed by atoms with van der Waals surface area (Å²) in [5, 5.41) is 0. The Balaban J connectivity index is 2.32. The molecule has 0 bridgehead atoms. The number of ketones is 1. The van der Waals surface area contributed by atoms with Crippen molar-refractivity contribution in [2.75, 3.05) is 11.4 Å². The molecule has 19 heavy (non-hydrogen) atoms. The van der Waals surface area contributed by atoms with Crippen LogP contribution in [0.3, 0.4) is 0 Å². The number of carbonyl (C=O) groups excluding carboxylic acids is 1. The average Bonchev–Trinajstić information content (AvgIpc) is 2.38. The fourth-order valence-electron chi connectivity index (χ4n) is 2.24. The number of hydrogen-bond donors (Lipinski definition) is 0. The Morgan fingerprint density at radius 1 is 1.42 bits per heavy atom. The minimum atomic E-state index is -4.50. The number of Topliss-reactive ketones (excluding diaryl/α,β-unsaturated/α-hetero) is 1. The van der Waals surface area contributed by atoms with Crippen LogP contribution in [0, 0.1) is 0 Å². The molecule has 1 saturated heterocycles. The number of carbonyl (C=O) groups is 1. The Hall–Kier alpha value is -1.66. The molecule has 104 valence electrons. The summed E-state index contributed by atoms with van der Waals surface area (Å²) in [6.07, 6.45) is -1.08. The first-order chi connectivity index (χ1) is 8.89. The van der Waals surface area contributed by atoms with E-state index in [9.17, 15) is 18.0 Å². The molecular formula is C12H14F3N3O. The van der Waals surface area contributed by atoms with Crippen molar-refractivity contribution in [1.82, 2.24) is 9.97 Å². The van der Waals surface area contributed by atoms with Gasteiger partial charge in [-0.05, 0) is 32.3 Å². The minimum absolute atomic E-state index is 0.0188. The van der Waals surface area contributed by atoms with Crippen molar-refractivity contribution in [3.63, 3.8) is 0 Å². The van der Waals surface area contributed by atoms with E-state index in [0.717, 1.165) is 25.1 Å². The van der Waals surface area contributed by atoms with Gasteiger partial charge in [-0.25, -0.2) is 9.97 Å². The highest BCUT2D eigenvalue weighted by atomic mass is 19.4. The molecule has 4 nitrogen and oxygen atoms in total. The van der Waals surface area contributed by atoms with Crippen LogP contribution in [0.25, 0.3) is 0 Å². The van der Waals surface area contributed by atoms with Gasteiger partial charge in [0.05, 0.1) is 6.04 Å². The number of piperidine rings is 1. The van der Waals surface area contributed by atoms with Crippen LogP contribution in [0.4, 0.5) is 19.1 Å². The molecule has 1 aromatic heterocycles. The summed E-state index contributed by atoms with van der Waals surface area (Å²) < 4.78 is 37.8. The molecule has 0 N–H and O–H groups in total. The van der Waals surface area contributed by atoms with E-state index >= 15 is 0 Å². The third-order valence-corrected chi connectivity index (χ3v) is 3.16. The summed E-state index contributed by atoms with van der Waals surface area (Å²) in [4.78, 5) is 20.5. The van der Waals surface area contributed by atoms with E-state index in [-0.39, 0.29) is 11.7 Å². The Kier molecular flexibility index (Phi) is 3.73. The highest BCUT2D eigenvalue weighted by molar-refractivity contribution is 5.84. The van der Waals surface area contributed by atoms with Crippen LogP contribution in [0.1, 0.15) is 31.9 Å². The standard InChI is InChI=1S/C12H14F3N3O/c1-8(19)9-4-2-3-7-18(9)11-16-6-5-10(17-11)12(13,14)15/h5-6,9H,2-4,7H2,1H3. The summed E-state index contributed by atoms with van der Waals surface area (Å²) in [6.45, 7) is 1.95. The van der Waals surface area contributed by atoms with Crippen molar-refractivity contribution in [2.45, 2.75) is 38.4 Å². The first-order valence-corrected chi connectivity index (χ1v) is 6.07. The number of aromatic nitrogens is 2. The molecule has 1 aliphatic rings. The van der Waals surface area contributed by atoms with Gasteiger partial charge in [0.25, 0.3) is 0 Å². The number of rotatable bonds is 2. The fraction of sp³-hybridized carbons (Fsp3) is 0.583. The van der Waals surface area contributed by atoms with Crippen molar-refractivity contribution in [1.29, 1.82) is 0 Å². The number of anilines is 1. The Labute approximate surface area is 108 Å². The molecule has 0 aliphatic carbocycles. The van der Waals surface area contributed by atoms with Gasteiger partial charge in [-0.15, -0.1) is 0 Å². The highest BCUT2D eigenvalue weighted by Gasteiger charge is 2.34. The first-order valence-electron chi connectivity index (χ1n) is 6.07.